The van der Waals surface area contributed by atoms with Crippen LogP contribution in [0.5, 0.6) is 0 Å². The standard InChI is InChI=1S/C13H15N3/c1-9-6-12(16-8-10(9)2)7-13-11(3)14-4-5-15-13/h4-6,8H,7H2,1-3H3. The van der Waals surface area contributed by atoms with Crippen LogP contribution in [0, 0.1) is 20.8 Å². The predicted octanol–water partition coefficient (Wildman–Crippen LogP) is 2.39. The Hall–Kier alpha value is -1.77. The Balaban J connectivity index is 2.28. The molecular formula is C13H15N3. The Labute approximate surface area is 95.6 Å². The molecule has 0 amide bonds. The van der Waals surface area contributed by atoms with Crippen molar-refractivity contribution in [3.8, 4) is 0 Å². The van der Waals surface area contributed by atoms with E-state index in [2.05, 4.69) is 34.9 Å². The second-order valence-electron chi connectivity index (χ2n) is 4.03. The highest BCUT2D eigenvalue weighted by molar-refractivity contribution is 5.26. The molecule has 0 radical (unpaired) electrons. The van der Waals surface area contributed by atoms with Crippen LogP contribution in [-0.4, -0.2) is 15.0 Å². The zero-order chi connectivity index (χ0) is 11.5. The zero-order valence-corrected chi connectivity index (χ0v) is 9.86. The lowest BCUT2D eigenvalue weighted by atomic mass is 10.1. The number of hydrogen-bond acceptors (Lipinski definition) is 3. The van der Waals surface area contributed by atoms with Crippen LogP contribution in [0.15, 0.2) is 24.7 Å². The lowest BCUT2D eigenvalue weighted by Gasteiger charge is -2.05. The Morgan fingerprint density at radius 1 is 0.938 bits per heavy atom. The van der Waals surface area contributed by atoms with Gasteiger partial charge in [-0.05, 0) is 38.0 Å². The van der Waals surface area contributed by atoms with Gasteiger partial charge in [-0.3, -0.25) is 15.0 Å². The van der Waals surface area contributed by atoms with E-state index in [4.69, 9.17) is 0 Å². The Kier molecular flexibility index (Phi) is 2.95. The molecule has 0 aliphatic heterocycles. The molecule has 0 saturated carbocycles. The van der Waals surface area contributed by atoms with Gasteiger partial charge < -0.3 is 0 Å². The van der Waals surface area contributed by atoms with E-state index >= 15 is 0 Å². The first-order valence-corrected chi connectivity index (χ1v) is 5.35. The topological polar surface area (TPSA) is 38.7 Å². The zero-order valence-electron chi connectivity index (χ0n) is 9.86. The summed E-state index contributed by atoms with van der Waals surface area (Å²) in [4.78, 5) is 13.0. The van der Waals surface area contributed by atoms with Crippen LogP contribution in [0.3, 0.4) is 0 Å². The van der Waals surface area contributed by atoms with Gasteiger partial charge in [0.25, 0.3) is 0 Å². The van der Waals surface area contributed by atoms with E-state index in [9.17, 15) is 0 Å². The molecular weight excluding hydrogens is 198 g/mol. The predicted molar refractivity (Wildman–Crippen MR) is 63.3 cm³/mol. The van der Waals surface area contributed by atoms with Crippen LogP contribution >= 0.6 is 0 Å². The second-order valence-corrected chi connectivity index (χ2v) is 4.03. The van der Waals surface area contributed by atoms with Crippen molar-refractivity contribution in [2.45, 2.75) is 27.2 Å². The van der Waals surface area contributed by atoms with Gasteiger partial charge >= 0.3 is 0 Å². The van der Waals surface area contributed by atoms with Gasteiger partial charge in [-0.25, -0.2) is 0 Å². The van der Waals surface area contributed by atoms with Crippen LogP contribution < -0.4 is 0 Å². The van der Waals surface area contributed by atoms with E-state index in [0.717, 1.165) is 23.5 Å². The van der Waals surface area contributed by atoms with Crippen LogP contribution in [-0.2, 0) is 6.42 Å². The summed E-state index contributed by atoms with van der Waals surface area (Å²) in [5.41, 5.74) is 5.51. The molecule has 3 nitrogen and oxygen atoms in total. The molecule has 0 aromatic carbocycles. The first kappa shape index (κ1) is 10.7. The summed E-state index contributed by atoms with van der Waals surface area (Å²) in [5.74, 6) is 0. The van der Waals surface area contributed by atoms with Crippen LogP contribution in [0.2, 0.25) is 0 Å². The van der Waals surface area contributed by atoms with Crippen molar-refractivity contribution < 1.29 is 0 Å². The van der Waals surface area contributed by atoms with Gasteiger partial charge in [0.15, 0.2) is 0 Å². The number of pyridine rings is 1. The number of nitrogens with zero attached hydrogens (tertiary/aromatic N) is 3. The molecule has 0 N–H and O–H groups in total. The fourth-order valence-electron chi connectivity index (χ4n) is 1.56. The molecule has 2 aromatic heterocycles. The van der Waals surface area contributed by atoms with Crippen molar-refractivity contribution in [1.29, 1.82) is 0 Å². The van der Waals surface area contributed by atoms with Gasteiger partial charge in [0.2, 0.25) is 0 Å². The number of aryl methyl sites for hydroxylation is 3. The molecule has 0 atom stereocenters. The van der Waals surface area contributed by atoms with E-state index in [0.29, 0.717) is 0 Å². The maximum Gasteiger partial charge on any atom is 0.0675 e. The third-order valence-electron chi connectivity index (χ3n) is 2.76. The normalized spacial score (nSPS) is 10.4. The first-order chi connectivity index (χ1) is 7.66. The molecule has 82 valence electrons. The Bertz CT molecular complexity index is 506. The third-order valence-corrected chi connectivity index (χ3v) is 2.76. The van der Waals surface area contributed by atoms with Crippen molar-refractivity contribution >= 4 is 0 Å². The number of rotatable bonds is 2. The van der Waals surface area contributed by atoms with Crippen molar-refractivity contribution in [2.75, 3.05) is 0 Å². The molecule has 0 saturated heterocycles. The minimum atomic E-state index is 0.751. The van der Waals surface area contributed by atoms with Gasteiger partial charge in [0.1, 0.15) is 0 Å². The maximum absolute atomic E-state index is 4.41. The largest absolute Gasteiger partial charge is 0.261 e. The van der Waals surface area contributed by atoms with Crippen LogP contribution in [0.1, 0.15) is 28.2 Å². The average Bonchev–Trinajstić information content (AvgIpc) is 2.27. The highest BCUT2D eigenvalue weighted by Gasteiger charge is 2.04. The molecule has 0 fully saturated rings. The molecule has 0 aliphatic carbocycles. The highest BCUT2D eigenvalue weighted by Crippen LogP contribution is 2.11. The van der Waals surface area contributed by atoms with Gasteiger partial charge in [0.05, 0.1) is 11.4 Å². The summed E-state index contributed by atoms with van der Waals surface area (Å²) in [7, 11) is 0. The lowest BCUT2D eigenvalue weighted by molar-refractivity contribution is 0.945. The molecule has 0 unspecified atom stereocenters. The molecule has 0 spiro atoms. The SMILES string of the molecule is Cc1cnc(Cc2nccnc2C)cc1C. The maximum atomic E-state index is 4.41. The molecule has 16 heavy (non-hydrogen) atoms. The monoisotopic (exact) mass is 213 g/mol. The van der Waals surface area contributed by atoms with Crippen molar-refractivity contribution in [3.05, 3.63) is 52.9 Å². The van der Waals surface area contributed by atoms with E-state index in [1.165, 1.54) is 11.1 Å². The number of aromatic nitrogens is 3. The smallest absolute Gasteiger partial charge is 0.0675 e. The molecule has 2 heterocycles. The second kappa shape index (κ2) is 4.39. The highest BCUT2D eigenvalue weighted by atomic mass is 14.8. The summed E-state index contributed by atoms with van der Waals surface area (Å²) in [6.45, 7) is 6.15. The van der Waals surface area contributed by atoms with E-state index in [1.807, 2.05) is 13.1 Å². The summed E-state index contributed by atoms with van der Waals surface area (Å²) >= 11 is 0. The summed E-state index contributed by atoms with van der Waals surface area (Å²) in [5, 5.41) is 0. The first-order valence-electron chi connectivity index (χ1n) is 5.35. The van der Waals surface area contributed by atoms with E-state index < -0.39 is 0 Å². The minimum absolute atomic E-state index is 0.751. The van der Waals surface area contributed by atoms with Crippen LogP contribution in [0.4, 0.5) is 0 Å². The third kappa shape index (κ3) is 2.24. The van der Waals surface area contributed by atoms with Gasteiger partial charge in [-0.1, -0.05) is 0 Å². The molecule has 2 aromatic rings. The van der Waals surface area contributed by atoms with Crippen molar-refractivity contribution in [1.82, 2.24) is 15.0 Å². The molecule has 3 heteroatoms. The minimum Gasteiger partial charge on any atom is -0.261 e. The van der Waals surface area contributed by atoms with Crippen molar-refractivity contribution in [3.63, 3.8) is 0 Å². The van der Waals surface area contributed by atoms with Crippen molar-refractivity contribution in [2.24, 2.45) is 0 Å². The van der Waals surface area contributed by atoms with Crippen LogP contribution in [0.25, 0.3) is 0 Å². The summed E-state index contributed by atoms with van der Waals surface area (Å²) in [6.07, 6.45) is 6.10. The average molecular weight is 213 g/mol. The molecule has 0 bridgehead atoms. The van der Waals surface area contributed by atoms with Gasteiger partial charge in [-0.15, -0.1) is 0 Å². The fraction of sp³-hybridized carbons (Fsp3) is 0.308. The Morgan fingerprint density at radius 2 is 1.69 bits per heavy atom. The number of hydrogen-bond donors (Lipinski definition) is 0. The fourth-order valence-corrected chi connectivity index (χ4v) is 1.56. The Morgan fingerprint density at radius 3 is 2.38 bits per heavy atom. The van der Waals surface area contributed by atoms with Gasteiger partial charge in [0, 0.05) is 30.7 Å². The molecule has 0 aliphatic rings. The summed E-state index contributed by atoms with van der Waals surface area (Å²) in [6, 6.07) is 2.11. The van der Waals surface area contributed by atoms with E-state index in [-0.39, 0.29) is 0 Å². The molecule has 2 rings (SSSR count). The lowest BCUT2D eigenvalue weighted by Crippen LogP contribution is -2.00. The quantitative estimate of drug-likeness (QED) is 0.768. The van der Waals surface area contributed by atoms with Gasteiger partial charge in [-0.2, -0.15) is 0 Å². The summed E-state index contributed by atoms with van der Waals surface area (Å²) < 4.78 is 0. The van der Waals surface area contributed by atoms with E-state index in [1.54, 1.807) is 12.4 Å².